The van der Waals surface area contributed by atoms with Gasteiger partial charge in [0, 0.05) is 25.5 Å². The minimum atomic E-state index is 0.268. The van der Waals surface area contributed by atoms with E-state index in [1.54, 1.807) is 0 Å². The van der Waals surface area contributed by atoms with Crippen molar-refractivity contribution < 1.29 is 4.74 Å². The van der Waals surface area contributed by atoms with Crippen LogP contribution in [0.5, 0.6) is 0 Å². The standard InChI is InChI=1S/C12H21N3O/c1-12(2,3)9-13-6-10-7-15-5-4-14-11(15)8-16-10/h4-5,10,13H,6-9H2,1-3H3/t10-/m0/s1. The fraction of sp³-hybridized carbons (Fsp3) is 0.750. The van der Waals surface area contributed by atoms with Crippen LogP contribution in [-0.4, -0.2) is 28.7 Å². The molecule has 0 radical (unpaired) electrons. The molecular formula is C12H21N3O. The van der Waals surface area contributed by atoms with Crippen LogP contribution >= 0.6 is 0 Å². The van der Waals surface area contributed by atoms with E-state index in [4.69, 9.17) is 4.74 Å². The molecule has 0 saturated heterocycles. The molecule has 0 amide bonds. The zero-order chi connectivity index (χ0) is 11.6. The minimum Gasteiger partial charge on any atom is -0.367 e. The lowest BCUT2D eigenvalue weighted by Gasteiger charge is -2.26. The molecule has 1 atom stereocenters. The van der Waals surface area contributed by atoms with E-state index in [0.29, 0.717) is 12.0 Å². The minimum absolute atomic E-state index is 0.268. The monoisotopic (exact) mass is 223 g/mol. The quantitative estimate of drug-likeness (QED) is 0.842. The predicted molar refractivity (Wildman–Crippen MR) is 63.1 cm³/mol. The highest BCUT2D eigenvalue weighted by Crippen LogP contribution is 2.13. The van der Waals surface area contributed by atoms with E-state index in [1.807, 2.05) is 12.4 Å². The summed E-state index contributed by atoms with van der Waals surface area (Å²) >= 11 is 0. The van der Waals surface area contributed by atoms with Gasteiger partial charge in [0.25, 0.3) is 0 Å². The molecule has 0 aliphatic carbocycles. The van der Waals surface area contributed by atoms with Crippen molar-refractivity contribution >= 4 is 0 Å². The third kappa shape index (κ3) is 3.06. The summed E-state index contributed by atoms with van der Waals surface area (Å²) in [7, 11) is 0. The Morgan fingerprint density at radius 3 is 3.12 bits per heavy atom. The lowest BCUT2D eigenvalue weighted by Crippen LogP contribution is -2.39. The highest BCUT2D eigenvalue weighted by atomic mass is 16.5. The lowest BCUT2D eigenvalue weighted by molar-refractivity contribution is 0.00207. The van der Waals surface area contributed by atoms with Gasteiger partial charge in [0.1, 0.15) is 12.4 Å². The smallest absolute Gasteiger partial charge is 0.134 e. The van der Waals surface area contributed by atoms with Crippen molar-refractivity contribution in [2.24, 2.45) is 5.41 Å². The van der Waals surface area contributed by atoms with Crippen LogP contribution in [0.3, 0.4) is 0 Å². The van der Waals surface area contributed by atoms with E-state index in [9.17, 15) is 0 Å². The van der Waals surface area contributed by atoms with Gasteiger partial charge >= 0.3 is 0 Å². The van der Waals surface area contributed by atoms with Crippen molar-refractivity contribution in [1.29, 1.82) is 0 Å². The molecule has 0 aromatic carbocycles. The largest absolute Gasteiger partial charge is 0.367 e. The first kappa shape index (κ1) is 11.6. The number of nitrogens with one attached hydrogen (secondary N) is 1. The summed E-state index contributed by atoms with van der Waals surface area (Å²) in [5.41, 5.74) is 0.328. The number of imidazole rings is 1. The van der Waals surface area contributed by atoms with E-state index in [0.717, 1.165) is 25.5 Å². The second-order valence-corrected chi connectivity index (χ2v) is 5.62. The number of rotatable bonds is 3. The van der Waals surface area contributed by atoms with E-state index < -0.39 is 0 Å². The number of hydrogen-bond donors (Lipinski definition) is 1. The molecule has 4 heteroatoms. The zero-order valence-electron chi connectivity index (χ0n) is 10.4. The zero-order valence-corrected chi connectivity index (χ0v) is 10.4. The number of fused-ring (bicyclic) bond motifs is 1. The van der Waals surface area contributed by atoms with Crippen LogP contribution in [-0.2, 0) is 17.9 Å². The molecule has 16 heavy (non-hydrogen) atoms. The molecule has 0 bridgehead atoms. The van der Waals surface area contributed by atoms with Gasteiger partial charge in [0.2, 0.25) is 0 Å². The number of hydrogen-bond acceptors (Lipinski definition) is 3. The van der Waals surface area contributed by atoms with Crippen molar-refractivity contribution in [3.8, 4) is 0 Å². The average Bonchev–Trinajstić information content (AvgIpc) is 2.62. The lowest BCUT2D eigenvalue weighted by atomic mass is 9.97. The van der Waals surface area contributed by atoms with Crippen LogP contribution in [0.2, 0.25) is 0 Å². The van der Waals surface area contributed by atoms with Gasteiger partial charge in [-0.2, -0.15) is 0 Å². The topological polar surface area (TPSA) is 39.1 Å². The molecule has 4 nitrogen and oxygen atoms in total. The third-order valence-electron chi connectivity index (χ3n) is 2.68. The third-order valence-corrected chi connectivity index (χ3v) is 2.68. The summed E-state index contributed by atoms with van der Waals surface area (Å²) in [4.78, 5) is 4.23. The Labute approximate surface area is 97.0 Å². The second kappa shape index (κ2) is 4.55. The van der Waals surface area contributed by atoms with Crippen LogP contribution in [0.1, 0.15) is 26.6 Å². The van der Waals surface area contributed by atoms with Crippen molar-refractivity contribution in [2.45, 2.75) is 40.0 Å². The van der Waals surface area contributed by atoms with Gasteiger partial charge in [-0.1, -0.05) is 20.8 Å². The van der Waals surface area contributed by atoms with Crippen LogP contribution in [0.25, 0.3) is 0 Å². The van der Waals surface area contributed by atoms with Gasteiger partial charge in [-0.25, -0.2) is 4.98 Å². The SMILES string of the molecule is CC(C)(C)CNC[C@H]1Cn2ccnc2CO1. The van der Waals surface area contributed by atoms with Crippen LogP contribution in [0.15, 0.2) is 12.4 Å². The van der Waals surface area contributed by atoms with Gasteiger partial charge < -0.3 is 14.6 Å². The molecule has 1 aliphatic heterocycles. The molecule has 0 unspecified atom stereocenters. The van der Waals surface area contributed by atoms with E-state index in [2.05, 4.69) is 35.6 Å². The van der Waals surface area contributed by atoms with Crippen LogP contribution in [0.4, 0.5) is 0 Å². The van der Waals surface area contributed by atoms with Gasteiger partial charge in [-0.15, -0.1) is 0 Å². The molecule has 0 spiro atoms. The normalized spacial score (nSPS) is 20.8. The first-order valence-corrected chi connectivity index (χ1v) is 5.87. The fourth-order valence-corrected chi connectivity index (χ4v) is 1.84. The first-order chi connectivity index (χ1) is 7.54. The molecule has 1 N–H and O–H groups in total. The molecule has 1 aliphatic rings. The Morgan fingerprint density at radius 2 is 2.38 bits per heavy atom. The number of aromatic nitrogens is 2. The molecule has 1 aromatic rings. The maximum absolute atomic E-state index is 5.73. The summed E-state index contributed by atoms with van der Waals surface area (Å²) in [5, 5.41) is 3.46. The Kier molecular flexibility index (Phi) is 3.30. The van der Waals surface area contributed by atoms with Crippen LogP contribution < -0.4 is 5.32 Å². The summed E-state index contributed by atoms with van der Waals surface area (Å²) in [6, 6.07) is 0. The second-order valence-electron chi connectivity index (χ2n) is 5.62. The molecule has 1 aromatic heterocycles. The summed E-state index contributed by atoms with van der Waals surface area (Å²) in [6.07, 6.45) is 4.13. The molecule has 0 fully saturated rings. The van der Waals surface area contributed by atoms with Gasteiger partial charge in [-0.05, 0) is 5.41 Å². The van der Waals surface area contributed by atoms with Gasteiger partial charge in [0.05, 0.1) is 12.6 Å². The van der Waals surface area contributed by atoms with Crippen molar-refractivity contribution in [3.05, 3.63) is 18.2 Å². The molecule has 0 saturated carbocycles. The predicted octanol–water partition coefficient (Wildman–Crippen LogP) is 1.42. The fourth-order valence-electron chi connectivity index (χ4n) is 1.84. The Balaban J connectivity index is 1.77. The average molecular weight is 223 g/mol. The maximum atomic E-state index is 5.73. The van der Waals surface area contributed by atoms with E-state index in [1.165, 1.54) is 0 Å². The number of ether oxygens (including phenoxy) is 1. The molecule has 2 rings (SSSR count). The summed E-state index contributed by atoms with van der Waals surface area (Å²) in [5.74, 6) is 1.03. The maximum Gasteiger partial charge on any atom is 0.134 e. The van der Waals surface area contributed by atoms with Crippen LogP contribution in [0, 0.1) is 5.41 Å². The van der Waals surface area contributed by atoms with Crippen molar-refractivity contribution in [1.82, 2.24) is 14.9 Å². The van der Waals surface area contributed by atoms with Crippen molar-refractivity contribution in [3.63, 3.8) is 0 Å². The highest BCUT2D eigenvalue weighted by Gasteiger charge is 2.19. The highest BCUT2D eigenvalue weighted by molar-refractivity contribution is 4.94. The Bertz CT molecular complexity index is 340. The van der Waals surface area contributed by atoms with E-state index >= 15 is 0 Å². The van der Waals surface area contributed by atoms with E-state index in [-0.39, 0.29) is 6.10 Å². The number of nitrogens with zero attached hydrogens (tertiary/aromatic N) is 2. The molecule has 2 heterocycles. The Morgan fingerprint density at radius 1 is 1.56 bits per heavy atom. The Hall–Kier alpha value is -0.870. The summed E-state index contributed by atoms with van der Waals surface area (Å²) < 4.78 is 7.91. The van der Waals surface area contributed by atoms with Crippen molar-refractivity contribution in [2.75, 3.05) is 13.1 Å². The first-order valence-electron chi connectivity index (χ1n) is 5.87. The van der Waals surface area contributed by atoms with Gasteiger partial charge in [0.15, 0.2) is 0 Å². The van der Waals surface area contributed by atoms with Gasteiger partial charge in [-0.3, -0.25) is 0 Å². The summed E-state index contributed by atoms with van der Waals surface area (Å²) in [6.45, 7) is 10.2. The molecular weight excluding hydrogens is 202 g/mol. The molecule has 90 valence electrons.